The van der Waals surface area contributed by atoms with Crippen molar-refractivity contribution in [3.8, 4) is 11.5 Å². The second-order valence-electron chi connectivity index (χ2n) is 11.3. The predicted octanol–water partition coefficient (Wildman–Crippen LogP) is 2.68. The molecule has 2 heterocycles. The molecule has 1 aromatic rings. The molecule has 2 bridgehead atoms. The quantitative estimate of drug-likeness (QED) is 0.581. The standard InChI is InChI=1S/C26H36N2O5/c1-14(2)21(24(30)31)27-17-8-9-26(32-3)19-12-16-6-7-18(29)22-20(16)25(26,23(17)33-22)10-11-28(19)13-15-4-5-15/h6-7,14-15,17,19,21,23,27,29H,4-5,8-13H2,1-3H3,(H,30,31)/t17-,19?,21?,23+,25+,26-/m1/s1. The second-order valence-corrected chi connectivity index (χ2v) is 11.3. The molecular weight excluding hydrogens is 420 g/mol. The lowest BCUT2D eigenvalue weighted by atomic mass is 9.48. The van der Waals surface area contributed by atoms with Crippen LogP contribution in [0.2, 0.25) is 0 Å². The molecule has 2 aliphatic heterocycles. The van der Waals surface area contributed by atoms with Crippen molar-refractivity contribution < 1.29 is 24.5 Å². The van der Waals surface area contributed by atoms with E-state index in [9.17, 15) is 15.0 Å². The van der Waals surface area contributed by atoms with Crippen molar-refractivity contribution in [3.05, 3.63) is 23.3 Å². The summed E-state index contributed by atoms with van der Waals surface area (Å²) in [5.74, 6) is 0.713. The van der Waals surface area contributed by atoms with Crippen LogP contribution < -0.4 is 10.1 Å². The summed E-state index contributed by atoms with van der Waals surface area (Å²) in [6, 6.07) is 3.34. The third kappa shape index (κ3) is 2.82. The summed E-state index contributed by atoms with van der Waals surface area (Å²) in [7, 11) is 1.85. The average molecular weight is 457 g/mol. The molecule has 33 heavy (non-hydrogen) atoms. The number of hydrogen-bond donors (Lipinski definition) is 3. The van der Waals surface area contributed by atoms with E-state index in [4.69, 9.17) is 9.47 Å². The number of piperidine rings is 1. The third-order valence-corrected chi connectivity index (χ3v) is 9.41. The highest BCUT2D eigenvalue weighted by Gasteiger charge is 2.74. The molecule has 1 saturated heterocycles. The Morgan fingerprint density at radius 2 is 2.09 bits per heavy atom. The number of carbonyl (C=O) groups is 1. The maximum Gasteiger partial charge on any atom is 0.320 e. The molecule has 5 aliphatic rings. The van der Waals surface area contributed by atoms with Gasteiger partial charge < -0.3 is 19.7 Å². The van der Waals surface area contributed by atoms with Crippen LogP contribution in [-0.2, 0) is 21.4 Å². The molecule has 2 unspecified atom stereocenters. The summed E-state index contributed by atoms with van der Waals surface area (Å²) in [5, 5.41) is 24.1. The highest BCUT2D eigenvalue weighted by molar-refractivity contribution is 5.74. The zero-order valence-electron chi connectivity index (χ0n) is 19.8. The number of rotatable bonds is 7. The first-order chi connectivity index (χ1) is 15.8. The van der Waals surface area contributed by atoms with Gasteiger partial charge in [-0.1, -0.05) is 19.9 Å². The Bertz CT molecular complexity index is 978. The maximum absolute atomic E-state index is 12.0. The van der Waals surface area contributed by atoms with E-state index < -0.39 is 17.6 Å². The highest BCUT2D eigenvalue weighted by atomic mass is 16.5. The minimum Gasteiger partial charge on any atom is -0.504 e. The van der Waals surface area contributed by atoms with Gasteiger partial charge in [0.1, 0.15) is 12.1 Å². The highest BCUT2D eigenvalue weighted by Crippen LogP contribution is 2.66. The molecule has 3 aliphatic carbocycles. The van der Waals surface area contributed by atoms with Gasteiger partial charge in [0.25, 0.3) is 0 Å². The van der Waals surface area contributed by atoms with Crippen LogP contribution in [0.3, 0.4) is 0 Å². The van der Waals surface area contributed by atoms with Crippen molar-refractivity contribution >= 4 is 5.97 Å². The Balaban J connectivity index is 1.47. The number of aliphatic carboxylic acids is 1. The molecule has 0 amide bonds. The Morgan fingerprint density at radius 3 is 2.76 bits per heavy atom. The maximum atomic E-state index is 12.0. The average Bonchev–Trinajstić information content (AvgIpc) is 3.53. The van der Waals surface area contributed by atoms with Gasteiger partial charge in [0, 0.05) is 31.3 Å². The number of methoxy groups -OCH3 is 1. The lowest BCUT2D eigenvalue weighted by Gasteiger charge is -2.66. The zero-order valence-corrected chi connectivity index (χ0v) is 19.8. The van der Waals surface area contributed by atoms with Crippen LogP contribution in [0.4, 0.5) is 0 Å². The molecule has 0 aromatic heterocycles. The van der Waals surface area contributed by atoms with E-state index >= 15 is 0 Å². The SMILES string of the molecule is CO[C@@]12CC[C@@H](NC(C(=O)O)C(C)C)[C@@H]3Oc4c(O)ccc5c4[C@@]31CCN(CC1CC1)C2C5. The molecule has 2 saturated carbocycles. The Hall–Kier alpha value is -1.83. The van der Waals surface area contributed by atoms with E-state index in [0.717, 1.165) is 50.3 Å². The number of phenolic OH excluding ortho intramolecular Hbond substituents is 1. The second kappa shape index (κ2) is 7.33. The topological polar surface area (TPSA) is 91.3 Å². The van der Waals surface area contributed by atoms with E-state index in [1.807, 2.05) is 21.0 Å². The Morgan fingerprint density at radius 1 is 1.30 bits per heavy atom. The number of carboxylic acid groups (broad SMARTS) is 1. The number of aromatic hydroxyl groups is 1. The minimum atomic E-state index is -0.828. The van der Waals surface area contributed by atoms with Crippen molar-refractivity contribution in [3.63, 3.8) is 0 Å². The van der Waals surface area contributed by atoms with Crippen molar-refractivity contribution in [2.24, 2.45) is 11.8 Å². The first-order valence-corrected chi connectivity index (χ1v) is 12.6. The molecule has 6 rings (SSSR count). The van der Waals surface area contributed by atoms with Crippen LogP contribution >= 0.6 is 0 Å². The van der Waals surface area contributed by atoms with Gasteiger partial charge in [-0.15, -0.1) is 0 Å². The Labute approximate surface area is 195 Å². The zero-order chi connectivity index (χ0) is 23.1. The molecule has 3 N–H and O–H groups in total. The van der Waals surface area contributed by atoms with Gasteiger partial charge in [-0.05, 0) is 68.5 Å². The minimum absolute atomic E-state index is 0.0404. The number of phenols is 1. The summed E-state index contributed by atoms with van der Waals surface area (Å²) in [4.78, 5) is 14.7. The van der Waals surface area contributed by atoms with Gasteiger partial charge in [-0.3, -0.25) is 15.0 Å². The first-order valence-electron chi connectivity index (χ1n) is 12.6. The van der Waals surface area contributed by atoms with Crippen LogP contribution in [0.15, 0.2) is 12.1 Å². The fourth-order valence-electron chi connectivity index (χ4n) is 7.82. The number of hydrogen-bond acceptors (Lipinski definition) is 6. The van der Waals surface area contributed by atoms with Gasteiger partial charge in [0.15, 0.2) is 11.5 Å². The number of ether oxygens (including phenoxy) is 2. The summed E-state index contributed by atoms with van der Waals surface area (Å²) >= 11 is 0. The largest absolute Gasteiger partial charge is 0.504 e. The molecule has 7 nitrogen and oxygen atoms in total. The van der Waals surface area contributed by atoms with Crippen molar-refractivity contribution in [2.75, 3.05) is 20.2 Å². The van der Waals surface area contributed by atoms with Gasteiger partial charge in [-0.2, -0.15) is 0 Å². The lowest BCUT2D eigenvalue weighted by molar-refractivity contribution is -0.208. The number of nitrogens with zero attached hydrogens (tertiary/aromatic N) is 1. The van der Waals surface area contributed by atoms with Gasteiger partial charge >= 0.3 is 5.97 Å². The number of likely N-dealkylation sites (tertiary alicyclic amines) is 1. The van der Waals surface area contributed by atoms with Gasteiger partial charge in [0.05, 0.1) is 11.0 Å². The van der Waals surface area contributed by atoms with Gasteiger partial charge in [0.2, 0.25) is 0 Å². The van der Waals surface area contributed by atoms with Gasteiger partial charge in [-0.25, -0.2) is 0 Å². The number of benzene rings is 1. The van der Waals surface area contributed by atoms with Crippen molar-refractivity contribution in [1.82, 2.24) is 10.2 Å². The molecule has 6 atom stereocenters. The summed E-state index contributed by atoms with van der Waals surface area (Å²) < 4.78 is 13.2. The molecule has 1 aromatic carbocycles. The molecule has 0 radical (unpaired) electrons. The molecule has 180 valence electrons. The fourth-order valence-corrected chi connectivity index (χ4v) is 7.82. The fraction of sp³-hybridized carbons (Fsp3) is 0.731. The monoisotopic (exact) mass is 456 g/mol. The van der Waals surface area contributed by atoms with Crippen LogP contribution in [0.5, 0.6) is 11.5 Å². The number of carboxylic acids is 1. The molecule has 7 heteroatoms. The van der Waals surface area contributed by atoms with Crippen LogP contribution in [0.1, 0.15) is 57.1 Å². The van der Waals surface area contributed by atoms with Crippen LogP contribution in [-0.4, -0.2) is 71.1 Å². The van der Waals surface area contributed by atoms with E-state index in [0.29, 0.717) is 5.75 Å². The lowest BCUT2D eigenvalue weighted by Crippen LogP contribution is -2.79. The molecule has 3 fully saturated rings. The Kier molecular flexibility index (Phi) is 4.82. The van der Waals surface area contributed by atoms with E-state index in [1.165, 1.54) is 18.4 Å². The van der Waals surface area contributed by atoms with Crippen LogP contribution in [0, 0.1) is 11.8 Å². The smallest absolute Gasteiger partial charge is 0.320 e. The van der Waals surface area contributed by atoms with Crippen molar-refractivity contribution in [2.45, 2.75) is 87.6 Å². The normalized spacial score (nSPS) is 37.5. The summed E-state index contributed by atoms with van der Waals surface area (Å²) in [6.45, 7) is 5.99. The van der Waals surface area contributed by atoms with E-state index in [2.05, 4.69) is 16.3 Å². The first kappa shape index (κ1) is 21.7. The molecule has 1 spiro atoms. The van der Waals surface area contributed by atoms with Crippen LogP contribution in [0.25, 0.3) is 0 Å². The predicted molar refractivity (Wildman–Crippen MR) is 123 cm³/mol. The third-order valence-electron chi connectivity index (χ3n) is 9.41. The number of nitrogens with one attached hydrogen (secondary N) is 1. The summed E-state index contributed by atoms with van der Waals surface area (Å²) in [5.41, 5.74) is 1.60. The van der Waals surface area contributed by atoms with E-state index in [1.54, 1.807) is 6.07 Å². The molecular formula is C26H36N2O5. The van der Waals surface area contributed by atoms with E-state index in [-0.39, 0.29) is 35.3 Å². The van der Waals surface area contributed by atoms with Crippen molar-refractivity contribution in [1.29, 1.82) is 0 Å². The summed E-state index contributed by atoms with van der Waals surface area (Å²) in [6.07, 6.45) is 5.83.